The van der Waals surface area contributed by atoms with Crippen molar-refractivity contribution in [2.45, 2.75) is 34.2 Å². The first-order valence-electron chi connectivity index (χ1n) is 7.10. The number of benzene rings is 2. The van der Waals surface area contributed by atoms with Crippen molar-refractivity contribution in [3.05, 3.63) is 58.4 Å². The van der Waals surface area contributed by atoms with Crippen LogP contribution in [0.4, 0.5) is 4.39 Å². The van der Waals surface area contributed by atoms with Gasteiger partial charge in [0.15, 0.2) is 0 Å². The van der Waals surface area contributed by atoms with Crippen LogP contribution in [0, 0.1) is 26.6 Å². The summed E-state index contributed by atoms with van der Waals surface area (Å²) in [6.45, 7) is 10.0. The van der Waals surface area contributed by atoms with Crippen molar-refractivity contribution in [2.75, 3.05) is 6.54 Å². The molecule has 106 valence electrons. The zero-order valence-electron chi connectivity index (χ0n) is 12.7. The molecule has 2 aromatic carbocycles. The Hall–Kier alpha value is -1.67. The highest BCUT2D eigenvalue weighted by atomic mass is 19.1. The first kappa shape index (κ1) is 14.7. The lowest BCUT2D eigenvalue weighted by Crippen LogP contribution is -2.12. The largest absolute Gasteiger partial charge is 0.313 e. The minimum atomic E-state index is -0.183. The standard InChI is InChI=1S/C18H22FN/c1-5-20-11-15-6-7-16(19)10-18(15)17-9-13(3)12(2)8-14(17)4/h6-10,20H,5,11H2,1-4H3. The van der Waals surface area contributed by atoms with Crippen molar-refractivity contribution < 1.29 is 4.39 Å². The van der Waals surface area contributed by atoms with E-state index in [0.29, 0.717) is 0 Å². The van der Waals surface area contributed by atoms with Crippen LogP contribution in [-0.4, -0.2) is 6.54 Å². The number of halogens is 1. The van der Waals surface area contributed by atoms with Crippen LogP contribution in [0.2, 0.25) is 0 Å². The molecule has 1 nitrogen and oxygen atoms in total. The van der Waals surface area contributed by atoms with E-state index in [9.17, 15) is 4.39 Å². The third-order valence-electron chi connectivity index (χ3n) is 3.77. The highest BCUT2D eigenvalue weighted by molar-refractivity contribution is 5.72. The quantitative estimate of drug-likeness (QED) is 0.861. The SMILES string of the molecule is CCNCc1ccc(F)cc1-c1cc(C)c(C)cc1C. The fraction of sp³-hybridized carbons (Fsp3) is 0.333. The lowest BCUT2D eigenvalue weighted by atomic mass is 9.92. The molecule has 0 fully saturated rings. The second-order valence-corrected chi connectivity index (χ2v) is 5.33. The third kappa shape index (κ3) is 3.07. The Bertz CT molecular complexity index is 617. The van der Waals surface area contributed by atoms with Gasteiger partial charge in [-0.3, -0.25) is 0 Å². The summed E-state index contributed by atoms with van der Waals surface area (Å²) in [5, 5.41) is 3.32. The molecule has 1 N–H and O–H groups in total. The predicted octanol–water partition coefficient (Wildman–Crippen LogP) is 4.53. The lowest BCUT2D eigenvalue weighted by Gasteiger charge is -2.15. The Labute approximate surface area is 120 Å². The van der Waals surface area contributed by atoms with E-state index in [2.05, 4.69) is 45.1 Å². The summed E-state index contributed by atoms with van der Waals surface area (Å²) in [7, 11) is 0. The molecule has 0 spiro atoms. The second-order valence-electron chi connectivity index (χ2n) is 5.33. The summed E-state index contributed by atoms with van der Waals surface area (Å²) in [4.78, 5) is 0. The molecular formula is C18H22FN. The monoisotopic (exact) mass is 271 g/mol. The molecule has 0 aliphatic rings. The van der Waals surface area contributed by atoms with Gasteiger partial charge >= 0.3 is 0 Å². The molecule has 2 heteroatoms. The number of rotatable bonds is 4. The average molecular weight is 271 g/mol. The van der Waals surface area contributed by atoms with Gasteiger partial charge in [-0.15, -0.1) is 0 Å². The maximum Gasteiger partial charge on any atom is 0.123 e. The molecule has 20 heavy (non-hydrogen) atoms. The first-order chi connectivity index (χ1) is 9.52. The van der Waals surface area contributed by atoms with E-state index in [0.717, 1.165) is 29.8 Å². The van der Waals surface area contributed by atoms with Gasteiger partial charge in [0.2, 0.25) is 0 Å². The highest BCUT2D eigenvalue weighted by Crippen LogP contribution is 2.30. The Kier molecular flexibility index (Phi) is 4.56. The second kappa shape index (κ2) is 6.19. The van der Waals surface area contributed by atoms with Crippen LogP contribution in [0.5, 0.6) is 0 Å². The van der Waals surface area contributed by atoms with Gasteiger partial charge in [0.05, 0.1) is 0 Å². The molecule has 0 aromatic heterocycles. The normalized spacial score (nSPS) is 10.8. The van der Waals surface area contributed by atoms with Crippen molar-refractivity contribution in [3.8, 4) is 11.1 Å². The molecule has 0 saturated heterocycles. The first-order valence-corrected chi connectivity index (χ1v) is 7.10. The van der Waals surface area contributed by atoms with Crippen molar-refractivity contribution in [2.24, 2.45) is 0 Å². The number of nitrogens with one attached hydrogen (secondary N) is 1. The molecule has 0 aliphatic carbocycles. The number of hydrogen-bond donors (Lipinski definition) is 1. The Morgan fingerprint density at radius 1 is 0.900 bits per heavy atom. The summed E-state index contributed by atoms with van der Waals surface area (Å²) in [6.07, 6.45) is 0. The van der Waals surface area contributed by atoms with Gasteiger partial charge in [-0.25, -0.2) is 4.39 Å². The zero-order valence-corrected chi connectivity index (χ0v) is 12.7. The van der Waals surface area contributed by atoms with E-state index in [4.69, 9.17) is 0 Å². The van der Waals surface area contributed by atoms with Crippen molar-refractivity contribution >= 4 is 0 Å². The minimum absolute atomic E-state index is 0.183. The van der Waals surface area contributed by atoms with E-state index in [-0.39, 0.29) is 5.82 Å². The fourth-order valence-corrected chi connectivity index (χ4v) is 2.46. The molecule has 0 radical (unpaired) electrons. The van der Waals surface area contributed by atoms with Crippen LogP contribution in [0.3, 0.4) is 0 Å². The van der Waals surface area contributed by atoms with Gasteiger partial charge in [-0.05, 0) is 72.8 Å². The van der Waals surface area contributed by atoms with Crippen LogP contribution < -0.4 is 5.32 Å². The Balaban J connectivity index is 2.55. The van der Waals surface area contributed by atoms with Gasteiger partial charge < -0.3 is 5.32 Å². The number of hydrogen-bond acceptors (Lipinski definition) is 1. The molecule has 0 heterocycles. The molecule has 0 unspecified atom stereocenters. The Morgan fingerprint density at radius 3 is 2.30 bits per heavy atom. The van der Waals surface area contributed by atoms with Gasteiger partial charge in [0.25, 0.3) is 0 Å². The topological polar surface area (TPSA) is 12.0 Å². The van der Waals surface area contributed by atoms with E-state index in [1.54, 1.807) is 6.07 Å². The Morgan fingerprint density at radius 2 is 1.60 bits per heavy atom. The lowest BCUT2D eigenvalue weighted by molar-refractivity contribution is 0.626. The van der Waals surface area contributed by atoms with Gasteiger partial charge in [0.1, 0.15) is 5.82 Å². The molecule has 0 saturated carbocycles. The van der Waals surface area contributed by atoms with Crippen molar-refractivity contribution in [1.29, 1.82) is 0 Å². The highest BCUT2D eigenvalue weighted by Gasteiger charge is 2.10. The third-order valence-corrected chi connectivity index (χ3v) is 3.77. The van der Waals surface area contributed by atoms with E-state index >= 15 is 0 Å². The minimum Gasteiger partial charge on any atom is -0.313 e. The van der Waals surface area contributed by atoms with E-state index in [1.165, 1.54) is 22.8 Å². The molecule has 2 rings (SSSR count). The maximum atomic E-state index is 13.6. The molecular weight excluding hydrogens is 249 g/mol. The van der Waals surface area contributed by atoms with Crippen LogP contribution >= 0.6 is 0 Å². The summed E-state index contributed by atoms with van der Waals surface area (Å²) in [6, 6.07) is 9.39. The molecule has 0 amide bonds. The van der Waals surface area contributed by atoms with Crippen LogP contribution in [0.25, 0.3) is 11.1 Å². The molecule has 0 aliphatic heterocycles. The summed E-state index contributed by atoms with van der Waals surface area (Å²) < 4.78 is 13.6. The summed E-state index contributed by atoms with van der Waals surface area (Å²) >= 11 is 0. The summed E-state index contributed by atoms with van der Waals surface area (Å²) in [5.74, 6) is -0.183. The molecule has 0 atom stereocenters. The number of aryl methyl sites for hydroxylation is 3. The van der Waals surface area contributed by atoms with Gasteiger partial charge in [-0.1, -0.05) is 25.1 Å². The van der Waals surface area contributed by atoms with E-state index in [1.807, 2.05) is 6.07 Å². The summed E-state index contributed by atoms with van der Waals surface area (Å²) in [5.41, 5.74) is 6.96. The predicted molar refractivity (Wildman–Crippen MR) is 83.4 cm³/mol. The van der Waals surface area contributed by atoms with Crippen molar-refractivity contribution in [1.82, 2.24) is 5.32 Å². The van der Waals surface area contributed by atoms with Gasteiger partial charge in [-0.2, -0.15) is 0 Å². The van der Waals surface area contributed by atoms with Crippen LogP contribution in [0.15, 0.2) is 30.3 Å². The smallest absolute Gasteiger partial charge is 0.123 e. The zero-order chi connectivity index (χ0) is 14.7. The molecule has 0 bridgehead atoms. The maximum absolute atomic E-state index is 13.6. The fourth-order valence-electron chi connectivity index (χ4n) is 2.46. The van der Waals surface area contributed by atoms with E-state index < -0.39 is 0 Å². The average Bonchev–Trinajstić information content (AvgIpc) is 2.41. The van der Waals surface area contributed by atoms with Gasteiger partial charge in [0, 0.05) is 6.54 Å². The van der Waals surface area contributed by atoms with Crippen LogP contribution in [0.1, 0.15) is 29.2 Å². The van der Waals surface area contributed by atoms with Crippen LogP contribution in [-0.2, 0) is 6.54 Å². The van der Waals surface area contributed by atoms with Crippen molar-refractivity contribution in [3.63, 3.8) is 0 Å². The molecule has 2 aromatic rings.